The molecule has 6 nitrogen and oxygen atoms in total. The Kier molecular flexibility index (Phi) is 8.02. The first-order valence-corrected chi connectivity index (χ1v) is 10.8. The first-order valence-electron chi connectivity index (χ1n) is 9.91. The van der Waals surface area contributed by atoms with Crippen LogP contribution in [0.1, 0.15) is 30.2 Å². The summed E-state index contributed by atoms with van der Waals surface area (Å²) in [4.78, 5) is 8.52. The standard InChI is InChI=1S/C21H28N4O2S.HI/c1-25-9-2-5-15(20(25)19-6-3-12-28-19)14-23-21(22)24-16-7-8-17-18(13-16)27-11-4-10-26-17;/h3,6-8,12-13,15,20H,2,4-5,9-11,14H2,1H3,(H3,22,23,24);1H. The summed E-state index contributed by atoms with van der Waals surface area (Å²) in [7, 11) is 2.21. The van der Waals surface area contributed by atoms with E-state index in [2.05, 4.69) is 39.8 Å². The number of rotatable bonds is 4. The molecule has 0 spiro atoms. The predicted molar refractivity (Wildman–Crippen MR) is 130 cm³/mol. The molecule has 1 aromatic heterocycles. The number of ether oxygens (including phenoxy) is 2. The predicted octanol–water partition coefficient (Wildman–Crippen LogP) is 4.34. The lowest BCUT2D eigenvalue weighted by Crippen LogP contribution is -2.37. The molecule has 1 aromatic carbocycles. The molecule has 3 N–H and O–H groups in total. The number of halogens is 1. The summed E-state index contributed by atoms with van der Waals surface area (Å²) < 4.78 is 11.4. The van der Waals surface area contributed by atoms with Crippen molar-refractivity contribution in [2.45, 2.75) is 25.3 Å². The molecule has 29 heavy (non-hydrogen) atoms. The van der Waals surface area contributed by atoms with Gasteiger partial charge in [-0.1, -0.05) is 6.07 Å². The van der Waals surface area contributed by atoms with Crippen molar-refractivity contribution >= 4 is 47.0 Å². The summed E-state index contributed by atoms with van der Waals surface area (Å²) in [5.41, 5.74) is 7.05. The summed E-state index contributed by atoms with van der Waals surface area (Å²) in [5.74, 6) is 2.44. The number of fused-ring (bicyclic) bond motifs is 1. The van der Waals surface area contributed by atoms with Gasteiger partial charge in [-0.3, -0.25) is 9.89 Å². The summed E-state index contributed by atoms with van der Waals surface area (Å²) in [6.45, 7) is 3.20. The van der Waals surface area contributed by atoms with Gasteiger partial charge in [0.1, 0.15) is 0 Å². The maximum absolute atomic E-state index is 6.18. The molecule has 3 heterocycles. The van der Waals surface area contributed by atoms with Gasteiger partial charge in [0.05, 0.1) is 13.2 Å². The van der Waals surface area contributed by atoms with Crippen LogP contribution in [0.3, 0.4) is 0 Å². The number of nitrogens with zero attached hydrogens (tertiary/aromatic N) is 2. The smallest absolute Gasteiger partial charge is 0.193 e. The van der Waals surface area contributed by atoms with Crippen molar-refractivity contribution in [2.24, 2.45) is 16.6 Å². The Hall–Kier alpha value is -1.52. The summed E-state index contributed by atoms with van der Waals surface area (Å²) in [5, 5.41) is 5.34. The van der Waals surface area contributed by atoms with Gasteiger partial charge in [0, 0.05) is 35.6 Å². The monoisotopic (exact) mass is 528 g/mol. The van der Waals surface area contributed by atoms with E-state index in [1.54, 1.807) is 0 Å². The maximum atomic E-state index is 6.18. The largest absolute Gasteiger partial charge is 0.490 e. The van der Waals surface area contributed by atoms with Gasteiger partial charge in [0.2, 0.25) is 0 Å². The first-order chi connectivity index (χ1) is 13.7. The lowest BCUT2D eigenvalue weighted by atomic mass is 9.88. The first kappa shape index (κ1) is 22.2. The fraction of sp³-hybridized carbons (Fsp3) is 0.476. The van der Waals surface area contributed by atoms with Crippen LogP contribution in [0.4, 0.5) is 5.69 Å². The Bertz CT molecular complexity index is 815. The van der Waals surface area contributed by atoms with E-state index in [1.807, 2.05) is 29.5 Å². The highest BCUT2D eigenvalue weighted by Gasteiger charge is 2.31. The van der Waals surface area contributed by atoms with Crippen LogP contribution in [0.5, 0.6) is 11.5 Å². The zero-order valence-corrected chi connectivity index (χ0v) is 19.8. The fourth-order valence-corrected chi connectivity index (χ4v) is 4.99. The number of hydrogen-bond acceptors (Lipinski definition) is 5. The van der Waals surface area contributed by atoms with Crippen molar-refractivity contribution in [1.29, 1.82) is 0 Å². The Labute approximate surface area is 193 Å². The van der Waals surface area contributed by atoms with Crippen LogP contribution in [0.25, 0.3) is 0 Å². The molecule has 0 saturated carbocycles. The molecule has 158 valence electrons. The van der Waals surface area contributed by atoms with Gasteiger partial charge < -0.3 is 20.5 Å². The second kappa shape index (κ2) is 10.5. The summed E-state index contributed by atoms with van der Waals surface area (Å²) in [6, 6.07) is 10.6. The third-order valence-electron chi connectivity index (χ3n) is 5.36. The van der Waals surface area contributed by atoms with Gasteiger partial charge in [0.15, 0.2) is 17.5 Å². The SMILES string of the molecule is CN1CCCC(CN=C(N)Nc2ccc3c(c2)OCCCO3)C1c1cccs1.I. The molecule has 0 bridgehead atoms. The molecular weight excluding hydrogens is 499 g/mol. The molecule has 0 aliphatic carbocycles. The second-order valence-electron chi connectivity index (χ2n) is 7.41. The van der Waals surface area contributed by atoms with Crippen molar-refractivity contribution in [3.63, 3.8) is 0 Å². The molecule has 1 fully saturated rings. The van der Waals surface area contributed by atoms with E-state index >= 15 is 0 Å². The highest BCUT2D eigenvalue weighted by Crippen LogP contribution is 2.37. The number of aliphatic imine (C=N–C) groups is 1. The quantitative estimate of drug-likeness (QED) is 0.351. The number of nitrogens with one attached hydrogen (secondary N) is 1. The third kappa shape index (κ3) is 5.55. The minimum absolute atomic E-state index is 0. The maximum Gasteiger partial charge on any atom is 0.193 e. The van der Waals surface area contributed by atoms with Crippen molar-refractivity contribution in [1.82, 2.24) is 4.90 Å². The van der Waals surface area contributed by atoms with Crippen molar-refractivity contribution in [3.8, 4) is 11.5 Å². The van der Waals surface area contributed by atoms with Crippen LogP contribution >= 0.6 is 35.3 Å². The normalized spacial score (nSPS) is 22.4. The van der Waals surface area contributed by atoms with Crippen molar-refractivity contribution in [3.05, 3.63) is 40.6 Å². The van der Waals surface area contributed by atoms with E-state index in [0.717, 1.165) is 36.7 Å². The average molecular weight is 528 g/mol. The van der Waals surface area contributed by atoms with E-state index < -0.39 is 0 Å². The second-order valence-corrected chi connectivity index (χ2v) is 8.39. The summed E-state index contributed by atoms with van der Waals surface area (Å²) >= 11 is 1.83. The van der Waals surface area contributed by atoms with E-state index in [1.165, 1.54) is 17.7 Å². The van der Waals surface area contributed by atoms with Gasteiger partial charge in [-0.25, -0.2) is 0 Å². The molecule has 8 heteroatoms. The zero-order chi connectivity index (χ0) is 19.3. The molecular formula is C21H29IN4O2S. The number of hydrogen-bond donors (Lipinski definition) is 2. The molecule has 2 aliphatic heterocycles. The fourth-order valence-electron chi connectivity index (χ4n) is 4.00. The van der Waals surface area contributed by atoms with Crippen LogP contribution in [0.15, 0.2) is 40.7 Å². The van der Waals surface area contributed by atoms with E-state index in [9.17, 15) is 0 Å². The number of nitrogens with two attached hydrogens (primary N) is 1. The van der Waals surface area contributed by atoms with Crippen LogP contribution < -0.4 is 20.5 Å². The number of guanidine groups is 1. The average Bonchev–Trinajstić information content (AvgIpc) is 3.11. The van der Waals surface area contributed by atoms with Crippen LogP contribution in [-0.4, -0.2) is 44.2 Å². The number of piperidine rings is 1. The third-order valence-corrected chi connectivity index (χ3v) is 6.30. The lowest BCUT2D eigenvalue weighted by molar-refractivity contribution is 0.128. The topological polar surface area (TPSA) is 72.1 Å². The van der Waals surface area contributed by atoms with Crippen LogP contribution in [-0.2, 0) is 0 Å². The van der Waals surface area contributed by atoms with E-state index in [4.69, 9.17) is 15.2 Å². The number of thiophene rings is 1. The van der Waals surface area contributed by atoms with Crippen LogP contribution in [0.2, 0.25) is 0 Å². The van der Waals surface area contributed by atoms with Crippen LogP contribution in [0, 0.1) is 5.92 Å². The molecule has 0 amide bonds. The number of benzene rings is 1. The zero-order valence-electron chi connectivity index (χ0n) is 16.7. The lowest BCUT2D eigenvalue weighted by Gasteiger charge is -2.38. The Morgan fingerprint density at radius 3 is 2.86 bits per heavy atom. The summed E-state index contributed by atoms with van der Waals surface area (Å²) in [6.07, 6.45) is 3.27. The van der Waals surface area contributed by atoms with Crippen molar-refractivity contribution in [2.75, 3.05) is 38.7 Å². The number of anilines is 1. The molecule has 2 atom stereocenters. The molecule has 2 aromatic rings. The molecule has 4 rings (SSSR count). The minimum Gasteiger partial charge on any atom is -0.490 e. The molecule has 2 unspecified atom stereocenters. The van der Waals surface area contributed by atoms with Gasteiger partial charge >= 0.3 is 0 Å². The van der Waals surface area contributed by atoms with Gasteiger partial charge in [0.25, 0.3) is 0 Å². The molecule has 0 radical (unpaired) electrons. The molecule has 1 saturated heterocycles. The van der Waals surface area contributed by atoms with Gasteiger partial charge in [-0.15, -0.1) is 35.3 Å². The highest BCUT2D eigenvalue weighted by atomic mass is 127. The van der Waals surface area contributed by atoms with Crippen molar-refractivity contribution < 1.29 is 9.47 Å². The Morgan fingerprint density at radius 2 is 2.07 bits per heavy atom. The van der Waals surface area contributed by atoms with E-state index in [-0.39, 0.29) is 24.0 Å². The number of likely N-dealkylation sites (tertiary alicyclic amines) is 1. The highest BCUT2D eigenvalue weighted by molar-refractivity contribution is 14.0. The molecule has 2 aliphatic rings. The van der Waals surface area contributed by atoms with E-state index in [0.29, 0.717) is 31.1 Å². The Morgan fingerprint density at radius 1 is 1.24 bits per heavy atom. The minimum atomic E-state index is 0. The van der Waals surface area contributed by atoms with Gasteiger partial charge in [-0.2, -0.15) is 0 Å². The Balaban J connectivity index is 0.00000240. The van der Waals surface area contributed by atoms with Gasteiger partial charge in [-0.05, 0) is 55.9 Å².